The highest BCUT2D eigenvalue weighted by Crippen LogP contribution is 2.29. The standard InChI is InChI=1S/C16H26N3O3S.BF4/c1-15-3-5-16(6-4-15)17(2)23(20,18-7-11-21-12-8-18)19-9-13-22-14-10-19;2-1(3,4)5/h3-6H,7-14H2,1-2H3;/q+1;-1. The number of morpholine rings is 2. The van der Waals surface area contributed by atoms with Crippen molar-refractivity contribution in [3.05, 3.63) is 29.8 Å². The summed E-state index contributed by atoms with van der Waals surface area (Å²) in [4.78, 5) is 0. The Labute approximate surface area is 164 Å². The van der Waals surface area contributed by atoms with Crippen LogP contribution >= 0.6 is 0 Å². The summed E-state index contributed by atoms with van der Waals surface area (Å²) >= 11 is 0. The van der Waals surface area contributed by atoms with Gasteiger partial charge in [0.05, 0.1) is 65.3 Å². The van der Waals surface area contributed by atoms with Crippen molar-refractivity contribution in [2.45, 2.75) is 6.92 Å². The maximum absolute atomic E-state index is 14.1. The van der Waals surface area contributed by atoms with E-state index in [1.165, 1.54) is 5.56 Å². The van der Waals surface area contributed by atoms with Crippen molar-refractivity contribution < 1.29 is 30.9 Å². The predicted molar refractivity (Wildman–Crippen MR) is 103 cm³/mol. The summed E-state index contributed by atoms with van der Waals surface area (Å²) in [6, 6.07) is 8.19. The lowest BCUT2D eigenvalue weighted by Gasteiger charge is -2.38. The van der Waals surface area contributed by atoms with Gasteiger partial charge in [-0.25, -0.2) is 0 Å². The van der Waals surface area contributed by atoms with Gasteiger partial charge in [0.2, 0.25) is 0 Å². The van der Waals surface area contributed by atoms with Crippen molar-refractivity contribution in [3.8, 4) is 0 Å². The molecule has 0 saturated carbocycles. The van der Waals surface area contributed by atoms with Crippen LogP contribution in [0.15, 0.2) is 24.3 Å². The van der Waals surface area contributed by atoms with Crippen molar-refractivity contribution in [3.63, 3.8) is 0 Å². The fourth-order valence-electron chi connectivity index (χ4n) is 2.97. The largest absolute Gasteiger partial charge is 0.673 e. The Bertz CT molecular complexity index is 626. The Morgan fingerprint density at radius 1 is 0.893 bits per heavy atom. The number of aryl methyl sites for hydroxylation is 1. The lowest BCUT2D eigenvalue weighted by Crippen LogP contribution is -2.62. The van der Waals surface area contributed by atoms with E-state index < -0.39 is 17.7 Å². The molecule has 0 spiro atoms. The van der Waals surface area contributed by atoms with Gasteiger partial charge < -0.3 is 26.7 Å². The smallest absolute Gasteiger partial charge is 0.418 e. The lowest BCUT2D eigenvalue weighted by molar-refractivity contribution is 0.0558. The third-order valence-electron chi connectivity index (χ3n) is 4.37. The van der Waals surface area contributed by atoms with Crippen LogP contribution in [0.2, 0.25) is 0 Å². The van der Waals surface area contributed by atoms with E-state index in [1.807, 2.05) is 23.5 Å². The highest BCUT2D eigenvalue weighted by Gasteiger charge is 2.50. The highest BCUT2D eigenvalue weighted by atomic mass is 32.3. The minimum atomic E-state index is -6.00. The average molecular weight is 427 g/mol. The number of anilines is 1. The molecule has 2 heterocycles. The first-order chi connectivity index (χ1) is 13.1. The molecule has 0 bridgehead atoms. The Morgan fingerprint density at radius 2 is 1.25 bits per heavy atom. The summed E-state index contributed by atoms with van der Waals surface area (Å²) in [5.74, 6) is 0. The van der Waals surface area contributed by atoms with E-state index in [2.05, 4.69) is 27.7 Å². The molecular formula is C16H26BF4N3O3S. The molecule has 6 nitrogen and oxygen atoms in total. The topological polar surface area (TPSA) is 45.2 Å². The van der Waals surface area contributed by atoms with Crippen molar-refractivity contribution in [1.82, 2.24) is 8.61 Å². The summed E-state index contributed by atoms with van der Waals surface area (Å²) in [5, 5.41) is 0. The number of benzene rings is 1. The van der Waals surface area contributed by atoms with Crippen molar-refractivity contribution >= 4 is 23.4 Å². The fraction of sp³-hybridized carbons (Fsp3) is 0.625. The molecule has 0 amide bonds. The summed E-state index contributed by atoms with van der Waals surface area (Å²) < 4.78 is 70.1. The fourth-order valence-corrected chi connectivity index (χ4v) is 5.64. The molecule has 3 rings (SSSR count). The van der Waals surface area contributed by atoms with Gasteiger partial charge in [-0.1, -0.05) is 26.3 Å². The second-order valence-corrected chi connectivity index (χ2v) is 8.90. The van der Waals surface area contributed by atoms with Crippen LogP contribution in [0.4, 0.5) is 23.0 Å². The number of rotatable bonds is 4. The van der Waals surface area contributed by atoms with E-state index in [4.69, 9.17) is 9.47 Å². The Balaban J connectivity index is 0.000000500. The zero-order valence-electron chi connectivity index (χ0n) is 16.0. The summed E-state index contributed by atoms with van der Waals surface area (Å²) in [5.41, 5.74) is 2.17. The predicted octanol–water partition coefficient (Wildman–Crippen LogP) is 2.64. The summed E-state index contributed by atoms with van der Waals surface area (Å²) in [6.45, 7) is 7.32. The molecular weight excluding hydrogens is 401 g/mol. The van der Waals surface area contributed by atoms with Gasteiger partial charge in [0, 0.05) is 0 Å². The minimum absolute atomic E-state index is 0.628. The second-order valence-electron chi connectivity index (χ2n) is 6.38. The van der Waals surface area contributed by atoms with Gasteiger partial charge in [-0.05, 0) is 23.3 Å². The number of halogens is 4. The van der Waals surface area contributed by atoms with E-state index >= 15 is 0 Å². The van der Waals surface area contributed by atoms with Gasteiger partial charge in [-0.3, -0.25) is 0 Å². The Kier molecular flexibility index (Phi) is 8.25. The molecule has 1 aromatic carbocycles. The van der Waals surface area contributed by atoms with Gasteiger partial charge >= 0.3 is 17.7 Å². The summed E-state index contributed by atoms with van der Waals surface area (Å²) in [6.07, 6.45) is 0. The van der Waals surface area contributed by atoms with E-state index in [0.717, 1.165) is 5.69 Å². The van der Waals surface area contributed by atoms with Crippen LogP contribution in [-0.4, -0.2) is 75.5 Å². The molecule has 0 aliphatic carbocycles. The van der Waals surface area contributed by atoms with Crippen LogP contribution < -0.4 is 4.31 Å². The number of hydrogen-bond acceptors (Lipinski definition) is 3. The average Bonchev–Trinajstić information content (AvgIpc) is 2.67. The van der Waals surface area contributed by atoms with E-state index in [1.54, 1.807) is 0 Å². The molecule has 0 atom stereocenters. The number of hydrogen-bond donors (Lipinski definition) is 0. The van der Waals surface area contributed by atoms with Gasteiger partial charge in [0.15, 0.2) is 0 Å². The zero-order valence-corrected chi connectivity index (χ0v) is 16.8. The van der Waals surface area contributed by atoms with Gasteiger partial charge in [0.25, 0.3) is 0 Å². The zero-order chi connectivity index (χ0) is 20.8. The highest BCUT2D eigenvalue weighted by molar-refractivity contribution is 7.99. The third-order valence-corrected chi connectivity index (χ3v) is 7.37. The van der Waals surface area contributed by atoms with Crippen LogP contribution in [0, 0.1) is 6.92 Å². The number of ether oxygens (including phenoxy) is 2. The number of nitrogens with zero attached hydrogens (tertiary/aromatic N) is 3. The van der Waals surface area contributed by atoms with Gasteiger partial charge in [0.1, 0.15) is 0 Å². The maximum atomic E-state index is 14.1. The lowest BCUT2D eigenvalue weighted by atomic mass is 10.2. The van der Waals surface area contributed by atoms with E-state index in [0.29, 0.717) is 52.6 Å². The molecule has 2 fully saturated rings. The normalized spacial score (nSPS) is 19.6. The molecule has 0 aromatic heterocycles. The third kappa shape index (κ3) is 6.41. The second kappa shape index (κ2) is 10.0. The molecule has 0 N–H and O–H groups in total. The van der Waals surface area contributed by atoms with Crippen LogP contribution in [0.3, 0.4) is 0 Å². The van der Waals surface area contributed by atoms with Crippen molar-refractivity contribution in [2.24, 2.45) is 0 Å². The van der Waals surface area contributed by atoms with Crippen LogP contribution in [0.25, 0.3) is 0 Å². The minimum Gasteiger partial charge on any atom is -0.418 e. The molecule has 160 valence electrons. The van der Waals surface area contributed by atoms with Crippen molar-refractivity contribution in [1.29, 1.82) is 0 Å². The first-order valence-electron chi connectivity index (χ1n) is 9.00. The van der Waals surface area contributed by atoms with Crippen LogP contribution in [-0.2, 0) is 24.2 Å². The maximum Gasteiger partial charge on any atom is 0.673 e. The van der Waals surface area contributed by atoms with E-state index in [9.17, 15) is 21.5 Å². The summed E-state index contributed by atoms with van der Waals surface area (Å²) in [7, 11) is -6.57. The molecule has 1 aromatic rings. The molecule has 2 aliphatic heterocycles. The van der Waals surface area contributed by atoms with Crippen LogP contribution in [0.1, 0.15) is 5.56 Å². The quantitative estimate of drug-likeness (QED) is 0.422. The van der Waals surface area contributed by atoms with Gasteiger partial charge in [-0.15, -0.1) is 0 Å². The Hall–Kier alpha value is -1.21. The van der Waals surface area contributed by atoms with Gasteiger partial charge in [-0.2, -0.15) is 4.31 Å². The monoisotopic (exact) mass is 427 g/mol. The first-order valence-corrected chi connectivity index (χ1v) is 10.4. The molecule has 2 saturated heterocycles. The molecule has 12 heteroatoms. The van der Waals surface area contributed by atoms with Crippen LogP contribution in [0.5, 0.6) is 0 Å². The first kappa shape index (κ1) is 23.1. The van der Waals surface area contributed by atoms with Crippen molar-refractivity contribution in [2.75, 3.05) is 64.0 Å². The van der Waals surface area contributed by atoms with E-state index in [-0.39, 0.29) is 0 Å². The SMILES string of the molecule is Cc1ccc(N(C)[S+](=O)(N2CCOCC2)N2CCOCC2)cc1.F[B-](F)(F)F. The molecule has 2 aliphatic rings. The Morgan fingerprint density at radius 3 is 1.61 bits per heavy atom. The molecule has 0 unspecified atom stereocenters. The molecule has 28 heavy (non-hydrogen) atoms. The molecule has 0 radical (unpaired) electrons.